The van der Waals surface area contributed by atoms with Crippen LogP contribution in [-0.2, 0) is 6.54 Å². The molecular formula is C16H22Cl2N4O. The van der Waals surface area contributed by atoms with Crippen molar-refractivity contribution in [1.82, 2.24) is 14.9 Å². The SMILES string of the molecule is Cc1cnc(C(=O)N(CCCN)Cc2ccccc2)cn1.Cl.Cl. The van der Waals surface area contributed by atoms with Gasteiger partial charge in [0.1, 0.15) is 5.69 Å². The van der Waals surface area contributed by atoms with Gasteiger partial charge in [-0.2, -0.15) is 0 Å². The van der Waals surface area contributed by atoms with Crippen molar-refractivity contribution >= 4 is 30.7 Å². The van der Waals surface area contributed by atoms with E-state index in [2.05, 4.69) is 9.97 Å². The van der Waals surface area contributed by atoms with Gasteiger partial charge in [0.05, 0.1) is 11.9 Å². The third kappa shape index (κ3) is 6.52. The van der Waals surface area contributed by atoms with Crippen molar-refractivity contribution in [1.29, 1.82) is 0 Å². The summed E-state index contributed by atoms with van der Waals surface area (Å²) < 4.78 is 0. The Balaban J connectivity index is 0.00000242. The van der Waals surface area contributed by atoms with Gasteiger partial charge in [-0.1, -0.05) is 30.3 Å². The van der Waals surface area contributed by atoms with Crippen LogP contribution in [0.1, 0.15) is 28.2 Å². The van der Waals surface area contributed by atoms with Gasteiger partial charge in [-0.25, -0.2) is 4.98 Å². The Morgan fingerprint density at radius 3 is 2.39 bits per heavy atom. The quantitative estimate of drug-likeness (QED) is 0.863. The Kier molecular flexibility index (Phi) is 10.1. The highest BCUT2D eigenvalue weighted by Crippen LogP contribution is 2.09. The van der Waals surface area contributed by atoms with E-state index in [0.717, 1.165) is 17.7 Å². The van der Waals surface area contributed by atoms with Crippen molar-refractivity contribution in [2.75, 3.05) is 13.1 Å². The lowest BCUT2D eigenvalue weighted by Gasteiger charge is -2.22. The number of halogens is 2. The molecule has 0 fully saturated rings. The summed E-state index contributed by atoms with van der Waals surface area (Å²) >= 11 is 0. The number of amides is 1. The number of benzene rings is 1. The molecule has 0 unspecified atom stereocenters. The van der Waals surface area contributed by atoms with Gasteiger partial charge in [-0.3, -0.25) is 9.78 Å². The van der Waals surface area contributed by atoms with Crippen LogP contribution in [0.4, 0.5) is 0 Å². The zero-order valence-electron chi connectivity index (χ0n) is 13.0. The highest BCUT2D eigenvalue weighted by atomic mass is 35.5. The summed E-state index contributed by atoms with van der Waals surface area (Å²) in [6.07, 6.45) is 3.90. The lowest BCUT2D eigenvalue weighted by atomic mass is 10.2. The number of carbonyl (C=O) groups excluding carboxylic acids is 1. The van der Waals surface area contributed by atoms with Crippen LogP contribution < -0.4 is 5.73 Å². The minimum Gasteiger partial charge on any atom is -0.333 e. The third-order valence-electron chi connectivity index (χ3n) is 3.14. The Morgan fingerprint density at radius 2 is 1.83 bits per heavy atom. The van der Waals surface area contributed by atoms with E-state index in [0.29, 0.717) is 25.3 Å². The number of rotatable bonds is 6. The van der Waals surface area contributed by atoms with E-state index in [4.69, 9.17) is 5.73 Å². The summed E-state index contributed by atoms with van der Waals surface area (Å²) in [4.78, 5) is 22.6. The second kappa shape index (κ2) is 10.9. The number of hydrogen-bond donors (Lipinski definition) is 1. The van der Waals surface area contributed by atoms with E-state index in [1.54, 1.807) is 11.1 Å². The third-order valence-corrected chi connectivity index (χ3v) is 3.14. The molecule has 0 spiro atoms. The lowest BCUT2D eigenvalue weighted by molar-refractivity contribution is 0.0736. The number of nitrogens with zero attached hydrogens (tertiary/aromatic N) is 3. The van der Waals surface area contributed by atoms with Crippen LogP contribution >= 0.6 is 24.8 Å². The summed E-state index contributed by atoms with van der Waals surface area (Å²) in [6.45, 7) is 3.56. The van der Waals surface area contributed by atoms with Crippen molar-refractivity contribution in [3.63, 3.8) is 0 Å². The second-order valence-electron chi connectivity index (χ2n) is 4.90. The van der Waals surface area contributed by atoms with Crippen molar-refractivity contribution in [3.8, 4) is 0 Å². The molecule has 0 atom stereocenters. The van der Waals surface area contributed by atoms with Crippen molar-refractivity contribution in [3.05, 3.63) is 59.7 Å². The van der Waals surface area contributed by atoms with E-state index in [1.807, 2.05) is 37.3 Å². The summed E-state index contributed by atoms with van der Waals surface area (Å²) in [6, 6.07) is 9.90. The average molecular weight is 357 g/mol. The van der Waals surface area contributed by atoms with Gasteiger partial charge in [-0.05, 0) is 25.5 Å². The molecule has 0 aliphatic rings. The maximum absolute atomic E-state index is 12.5. The predicted molar refractivity (Wildman–Crippen MR) is 96.1 cm³/mol. The molecule has 0 aliphatic heterocycles. The maximum Gasteiger partial charge on any atom is 0.274 e. The van der Waals surface area contributed by atoms with E-state index in [-0.39, 0.29) is 30.7 Å². The highest BCUT2D eigenvalue weighted by Gasteiger charge is 2.17. The first-order valence-electron chi connectivity index (χ1n) is 7.02. The van der Waals surface area contributed by atoms with E-state index >= 15 is 0 Å². The number of nitrogens with two attached hydrogens (primary N) is 1. The fourth-order valence-electron chi connectivity index (χ4n) is 2.00. The van der Waals surface area contributed by atoms with E-state index in [1.165, 1.54) is 6.20 Å². The molecule has 2 N–H and O–H groups in total. The van der Waals surface area contributed by atoms with Gasteiger partial charge in [0.25, 0.3) is 5.91 Å². The summed E-state index contributed by atoms with van der Waals surface area (Å²) in [7, 11) is 0. The van der Waals surface area contributed by atoms with Crippen LogP contribution in [-0.4, -0.2) is 33.9 Å². The van der Waals surface area contributed by atoms with Crippen molar-refractivity contribution in [2.24, 2.45) is 5.73 Å². The molecule has 1 heterocycles. The molecule has 1 aromatic heterocycles. The smallest absolute Gasteiger partial charge is 0.274 e. The molecular weight excluding hydrogens is 335 g/mol. The number of carbonyl (C=O) groups is 1. The minimum atomic E-state index is -0.111. The first-order valence-corrected chi connectivity index (χ1v) is 7.02. The molecule has 126 valence electrons. The van der Waals surface area contributed by atoms with Crippen molar-refractivity contribution < 1.29 is 4.79 Å². The van der Waals surface area contributed by atoms with Crippen LogP contribution in [0.3, 0.4) is 0 Å². The molecule has 0 aliphatic carbocycles. The van der Waals surface area contributed by atoms with Gasteiger partial charge < -0.3 is 10.6 Å². The number of aryl methyl sites for hydroxylation is 1. The molecule has 7 heteroatoms. The summed E-state index contributed by atoms with van der Waals surface area (Å²) in [5.74, 6) is -0.111. The van der Waals surface area contributed by atoms with E-state index in [9.17, 15) is 4.79 Å². The summed E-state index contributed by atoms with van der Waals surface area (Å²) in [5, 5.41) is 0. The predicted octanol–water partition coefficient (Wildman–Crippen LogP) is 2.62. The molecule has 2 aromatic rings. The van der Waals surface area contributed by atoms with Crippen LogP contribution in [0, 0.1) is 6.92 Å². The molecule has 1 amide bonds. The van der Waals surface area contributed by atoms with E-state index < -0.39 is 0 Å². The van der Waals surface area contributed by atoms with Crippen LogP contribution in [0.15, 0.2) is 42.7 Å². The second-order valence-corrected chi connectivity index (χ2v) is 4.90. The summed E-state index contributed by atoms with van der Waals surface area (Å²) in [5.41, 5.74) is 7.81. The van der Waals surface area contributed by atoms with Gasteiger partial charge >= 0.3 is 0 Å². The highest BCUT2D eigenvalue weighted by molar-refractivity contribution is 5.91. The monoisotopic (exact) mass is 356 g/mol. The largest absolute Gasteiger partial charge is 0.333 e. The first-order chi connectivity index (χ1) is 10.2. The first kappa shape index (κ1) is 21.3. The van der Waals surface area contributed by atoms with Gasteiger partial charge in [0, 0.05) is 19.3 Å². The van der Waals surface area contributed by atoms with Gasteiger partial charge in [0.15, 0.2) is 0 Å². The molecule has 2 rings (SSSR count). The Labute approximate surface area is 149 Å². The van der Waals surface area contributed by atoms with Gasteiger partial charge in [0.2, 0.25) is 0 Å². The fourth-order valence-corrected chi connectivity index (χ4v) is 2.00. The number of aromatic nitrogens is 2. The molecule has 1 aromatic carbocycles. The Morgan fingerprint density at radius 1 is 1.13 bits per heavy atom. The topological polar surface area (TPSA) is 72.1 Å². The molecule has 0 saturated carbocycles. The molecule has 0 bridgehead atoms. The number of hydrogen-bond acceptors (Lipinski definition) is 4. The lowest BCUT2D eigenvalue weighted by Crippen LogP contribution is -2.33. The molecule has 23 heavy (non-hydrogen) atoms. The Hall–Kier alpha value is -1.69. The Bertz CT molecular complexity index is 578. The van der Waals surface area contributed by atoms with Crippen LogP contribution in [0.5, 0.6) is 0 Å². The standard InChI is InChI=1S/C16H20N4O.2ClH/c1-13-10-19-15(11-18-13)16(21)20(9-5-8-17)12-14-6-3-2-4-7-14;;/h2-4,6-7,10-11H,5,8-9,12,17H2,1H3;2*1H. The average Bonchev–Trinajstić information content (AvgIpc) is 2.52. The molecule has 5 nitrogen and oxygen atoms in total. The fraction of sp³-hybridized carbons (Fsp3) is 0.312. The zero-order chi connectivity index (χ0) is 15.1. The van der Waals surface area contributed by atoms with Crippen LogP contribution in [0.25, 0.3) is 0 Å². The maximum atomic E-state index is 12.5. The molecule has 0 saturated heterocycles. The molecule has 0 radical (unpaired) electrons. The normalized spacial score (nSPS) is 9.48. The van der Waals surface area contributed by atoms with Crippen LogP contribution in [0.2, 0.25) is 0 Å². The van der Waals surface area contributed by atoms with Gasteiger partial charge in [-0.15, -0.1) is 24.8 Å². The zero-order valence-corrected chi connectivity index (χ0v) is 14.6. The van der Waals surface area contributed by atoms with Crippen molar-refractivity contribution in [2.45, 2.75) is 19.9 Å². The minimum absolute atomic E-state index is 0.